The third kappa shape index (κ3) is 3.68. The molecule has 1 saturated heterocycles. The molecule has 3 aromatic rings. The lowest BCUT2D eigenvalue weighted by molar-refractivity contribution is 0.112. The number of hydrogen-bond acceptors (Lipinski definition) is 5. The van der Waals surface area contributed by atoms with Crippen molar-refractivity contribution < 1.29 is 4.79 Å². The minimum Gasteiger partial charge on any atom is -0.365 e. The quantitative estimate of drug-likeness (QED) is 0.586. The van der Waals surface area contributed by atoms with Crippen molar-refractivity contribution in [1.82, 2.24) is 9.97 Å². The molecule has 0 aliphatic carbocycles. The third-order valence-corrected chi connectivity index (χ3v) is 5.45. The van der Waals surface area contributed by atoms with E-state index < -0.39 is 0 Å². The maximum atomic E-state index is 11.3. The first kappa shape index (κ1) is 18.7. The summed E-state index contributed by atoms with van der Waals surface area (Å²) in [5.41, 5.74) is 3.33. The number of piperazine rings is 1. The lowest BCUT2D eigenvalue weighted by atomic mass is 10.0. The molecule has 0 N–H and O–H groups in total. The number of carbonyl (C=O) groups excluding carboxylic acids is 1. The van der Waals surface area contributed by atoms with E-state index in [1.807, 2.05) is 42.6 Å². The summed E-state index contributed by atoms with van der Waals surface area (Å²) >= 11 is 12.6. The maximum Gasteiger partial charge on any atom is 0.150 e. The van der Waals surface area contributed by atoms with E-state index in [0.29, 0.717) is 15.6 Å². The van der Waals surface area contributed by atoms with Crippen LogP contribution >= 0.6 is 23.2 Å². The molecule has 4 rings (SSSR count). The molecule has 0 amide bonds. The van der Waals surface area contributed by atoms with Crippen LogP contribution in [0.2, 0.25) is 10.0 Å². The number of nitrogens with zero attached hydrogens (tertiary/aromatic N) is 4. The SMILES string of the molecule is O=Cc1ccccc1-c1ccc(N2CCN(c3c(Cl)cncc3Cl)CC2)nc1. The molecule has 0 bridgehead atoms. The second-order valence-corrected chi connectivity index (χ2v) is 7.35. The van der Waals surface area contributed by atoms with E-state index in [2.05, 4.69) is 19.8 Å². The van der Waals surface area contributed by atoms with Crippen LogP contribution in [0, 0.1) is 0 Å². The fourth-order valence-corrected chi connectivity index (χ4v) is 4.06. The highest BCUT2D eigenvalue weighted by Crippen LogP contribution is 2.33. The zero-order valence-corrected chi connectivity index (χ0v) is 16.6. The average molecular weight is 413 g/mol. The molecule has 142 valence electrons. The molecule has 0 radical (unpaired) electrons. The van der Waals surface area contributed by atoms with E-state index in [9.17, 15) is 4.79 Å². The van der Waals surface area contributed by atoms with Crippen molar-refractivity contribution in [3.05, 3.63) is 70.6 Å². The second kappa shape index (κ2) is 8.17. The number of rotatable bonds is 4. The maximum absolute atomic E-state index is 11.3. The Kier molecular flexibility index (Phi) is 5.46. The van der Waals surface area contributed by atoms with Gasteiger partial charge in [-0.25, -0.2) is 4.98 Å². The molecule has 1 aromatic carbocycles. The highest BCUT2D eigenvalue weighted by atomic mass is 35.5. The van der Waals surface area contributed by atoms with Crippen molar-refractivity contribution >= 4 is 41.0 Å². The number of benzene rings is 1. The topological polar surface area (TPSA) is 49.3 Å². The highest BCUT2D eigenvalue weighted by Gasteiger charge is 2.22. The van der Waals surface area contributed by atoms with Crippen LogP contribution in [-0.4, -0.2) is 42.4 Å². The minimum absolute atomic E-state index is 0.567. The molecule has 0 atom stereocenters. The number of pyridine rings is 2. The zero-order chi connectivity index (χ0) is 19.5. The van der Waals surface area contributed by atoms with Gasteiger partial charge in [-0.05, 0) is 17.7 Å². The van der Waals surface area contributed by atoms with E-state index in [1.54, 1.807) is 12.4 Å². The van der Waals surface area contributed by atoms with E-state index in [-0.39, 0.29) is 0 Å². The van der Waals surface area contributed by atoms with Gasteiger partial charge in [0.05, 0.1) is 15.7 Å². The fraction of sp³-hybridized carbons (Fsp3) is 0.190. The van der Waals surface area contributed by atoms with Gasteiger partial charge >= 0.3 is 0 Å². The summed E-state index contributed by atoms with van der Waals surface area (Å²) in [5.74, 6) is 0.916. The molecule has 0 spiro atoms. The summed E-state index contributed by atoms with van der Waals surface area (Å²) in [5, 5.41) is 1.13. The van der Waals surface area contributed by atoms with Gasteiger partial charge in [-0.3, -0.25) is 9.78 Å². The fourth-order valence-electron chi connectivity index (χ4n) is 3.46. The first-order valence-corrected chi connectivity index (χ1v) is 9.72. The van der Waals surface area contributed by atoms with Crippen molar-refractivity contribution in [1.29, 1.82) is 0 Å². The number of halogens is 2. The Hall–Kier alpha value is -2.63. The predicted octanol–water partition coefficient (Wildman–Crippen LogP) is 4.59. The van der Waals surface area contributed by atoms with E-state index in [4.69, 9.17) is 23.2 Å². The number of aromatic nitrogens is 2. The summed E-state index contributed by atoms with van der Waals surface area (Å²) < 4.78 is 0. The van der Waals surface area contributed by atoms with Gasteiger partial charge in [0.25, 0.3) is 0 Å². The summed E-state index contributed by atoms with van der Waals surface area (Å²) in [6.45, 7) is 3.21. The summed E-state index contributed by atoms with van der Waals surface area (Å²) in [7, 11) is 0. The van der Waals surface area contributed by atoms with Crippen molar-refractivity contribution in [2.24, 2.45) is 0 Å². The van der Waals surface area contributed by atoms with Crippen molar-refractivity contribution in [2.45, 2.75) is 0 Å². The Labute approximate surface area is 173 Å². The summed E-state index contributed by atoms with van der Waals surface area (Å²) in [6.07, 6.45) is 5.93. The van der Waals surface area contributed by atoms with Gasteiger partial charge < -0.3 is 9.80 Å². The van der Waals surface area contributed by atoms with Crippen LogP contribution in [0.1, 0.15) is 10.4 Å². The Morgan fingerprint density at radius 1 is 0.857 bits per heavy atom. The van der Waals surface area contributed by atoms with E-state index in [1.165, 1.54) is 0 Å². The van der Waals surface area contributed by atoms with Crippen molar-refractivity contribution in [2.75, 3.05) is 36.0 Å². The molecule has 0 unspecified atom stereocenters. The Balaban J connectivity index is 1.47. The lowest BCUT2D eigenvalue weighted by Crippen LogP contribution is -2.47. The minimum atomic E-state index is 0.567. The van der Waals surface area contributed by atoms with Crippen LogP contribution in [0.5, 0.6) is 0 Å². The summed E-state index contributed by atoms with van der Waals surface area (Å²) in [4.78, 5) is 24.3. The molecule has 1 fully saturated rings. The number of carbonyl (C=O) groups is 1. The molecule has 7 heteroatoms. The molecule has 1 aliphatic heterocycles. The van der Waals surface area contributed by atoms with Crippen molar-refractivity contribution in [3.63, 3.8) is 0 Å². The Bertz CT molecular complexity index is 966. The molecule has 5 nitrogen and oxygen atoms in total. The molecule has 0 saturated carbocycles. The van der Waals surface area contributed by atoms with Crippen LogP contribution in [0.15, 0.2) is 55.0 Å². The van der Waals surface area contributed by atoms with E-state index in [0.717, 1.165) is 55.1 Å². The Morgan fingerprint density at radius 2 is 1.54 bits per heavy atom. The molecule has 3 heterocycles. The normalized spacial score (nSPS) is 14.2. The van der Waals surface area contributed by atoms with Gasteiger partial charge in [-0.15, -0.1) is 0 Å². The molecule has 2 aromatic heterocycles. The number of anilines is 2. The van der Waals surface area contributed by atoms with Gasteiger partial charge in [0.15, 0.2) is 6.29 Å². The van der Waals surface area contributed by atoms with Crippen molar-refractivity contribution in [3.8, 4) is 11.1 Å². The molecular weight excluding hydrogens is 395 g/mol. The van der Waals surface area contributed by atoms with Gasteiger partial charge in [-0.2, -0.15) is 0 Å². The van der Waals surface area contributed by atoms with Gasteiger partial charge in [-0.1, -0.05) is 47.5 Å². The van der Waals surface area contributed by atoms with Crippen LogP contribution in [0.25, 0.3) is 11.1 Å². The predicted molar refractivity (Wildman–Crippen MR) is 114 cm³/mol. The van der Waals surface area contributed by atoms with Crippen LogP contribution in [0.4, 0.5) is 11.5 Å². The second-order valence-electron chi connectivity index (χ2n) is 6.54. The van der Waals surface area contributed by atoms with Crippen LogP contribution in [0.3, 0.4) is 0 Å². The van der Waals surface area contributed by atoms with E-state index >= 15 is 0 Å². The first-order chi connectivity index (χ1) is 13.7. The van der Waals surface area contributed by atoms with Crippen LogP contribution < -0.4 is 9.80 Å². The lowest BCUT2D eigenvalue weighted by Gasteiger charge is -2.37. The standard InChI is InChI=1S/C21H18Cl2N4O/c22-18-12-24-13-19(23)21(18)27-9-7-26(8-10-27)20-6-5-15(11-25-20)17-4-2-1-3-16(17)14-28/h1-6,11-14H,7-10H2. The van der Waals surface area contributed by atoms with Gasteiger partial charge in [0.1, 0.15) is 5.82 Å². The summed E-state index contributed by atoms with van der Waals surface area (Å²) in [6, 6.07) is 11.5. The number of aldehydes is 1. The largest absolute Gasteiger partial charge is 0.365 e. The Morgan fingerprint density at radius 3 is 2.18 bits per heavy atom. The first-order valence-electron chi connectivity index (χ1n) is 8.97. The molecular formula is C21H18Cl2N4O. The average Bonchev–Trinajstić information content (AvgIpc) is 2.74. The van der Waals surface area contributed by atoms with Gasteiger partial charge in [0, 0.05) is 55.9 Å². The molecule has 1 aliphatic rings. The highest BCUT2D eigenvalue weighted by molar-refractivity contribution is 6.38. The zero-order valence-electron chi connectivity index (χ0n) is 15.1. The third-order valence-electron chi connectivity index (χ3n) is 4.89. The van der Waals surface area contributed by atoms with Gasteiger partial charge in [0.2, 0.25) is 0 Å². The monoisotopic (exact) mass is 412 g/mol. The number of hydrogen-bond donors (Lipinski definition) is 0. The smallest absolute Gasteiger partial charge is 0.150 e. The van der Waals surface area contributed by atoms with Crippen LogP contribution in [-0.2, 0) is 0 Å². The molecule has 28 heavy (non-hydrogen) atoms.